The fourth-order valence-electron chi connectivity index (χ4n) is 3.38. The van der Waals surface area contributed by atoms with Gasteiger partial charge in [0.25, 0.3) is 5.91 Å². The second kappa shape index (κ2) is 8.48. The number of hydrogen-bond donors (Lipinski definition) is 2. The summed E-state index contributed by atoms with van der Waals surface area (Å²) < 4.78 is 66.3. The summed E-state index contributed by atoms with van der Waals surface area (Å²) in [5, 5.41) is 13.3. The van der Waals surface area contributed by atoms with E-state index in [1.54, 1.807) is 0 Å². The van der Waals surface area contributed by atoms with Crippen LogP contribution in [-0.4, -0.2) is 32.5 Å². The standard InChI is InChI=1S/C19H16Cl2F5N3O2/c20-10-1-6-27-13(7-10)15(17(31)2-4-18(22,23)5-3-17)29-16(30)11-8-14(19(24,25)26)28-9-12(11)21/h1,6-9,15,31H,2-5H2,(H,29,30). The van der Waals surface area contributed by atoms with Crippen molar-refractivity contribution in [2.75, 3.05) is 0 Å². The van der Waals surface area contributed by atoms with Crippen molar-refractivity contribution in [3.8, 4) is 0 Å². The van der Waals surface area contributed by atoms with E-state index in [1.165, 1.54) is 18.3 Å². The molecule has 1 saturated carbocycles. The van der Waals surface area contributed by atoms with Crippen LogP contribution in [0.5, 0.6) is 0 Å². The van der Waals surface area contributed by atoms with E-state index in [-0.39, 0.29) is 28.6 Å². The zero-order chi connectivity index (χ0) is 23.0. The SMILES string of the molecule is O=C(NC(c1cc(Cl)ccn1)C1(O)CCC(F)(F)CC1)c1cc(C(F)(F)F)ncc1Cl. The summed E-state index contributed by atoms with van der Waals surface area (Å²) in [4.78, 5) is 20.0. The van der Waals surface area contributed by atoms with Crippen molar-refractivity contribution in [2.45, 2.75) is 49.4 Å². The number of nitrogens with zero attached hydrogens (tertiary/aromatic N) is 2. The molecule has 12 heteroatoms. The van der Waals surface area contributed by atoms with Gasteiger partial charge in [0.15, 0.2) is 0 Å². The number of halogens is 7. The maximum Gasteiger partial charge on any atom is 0.433 e. The lowest BCUT2D eigenvalue weighted by molar-refractivity contribution is -0.141. The van der Waals surface area contributed by atoms with E-state index < -0.39 is 53.7 Å². The molecule has 1 fully saturated rings. The maximum absolute atomic E-state index is 13.6. The van der Waals surface area contributed by atoms with E-state index in [1.807, 2.05) is 0 Å². The van der Waals surface area contributed by atoms with Crippen molar-refractivity contribution in [3.05, 3.63) is 57.6 Å². The van der Waals surface area contributed by atoms with Gasteiger partial charge in [0, 0.05) is 30.3 Å². The topological polar surface area (TPSA) is 75.1 Å². The van der Waals surface area contributed by atoms with Crippen LogP contribution in [0.1, 0.15) is 53.5 Å². The molecule has 3 rings (SSSR count). The largest absolute Gasteiger partial charge is 0.433 e. The van der Waals surface area contributed by atoms with Gasteiger partial charge in [0.2, 0.25) is 5.92 Å². The molecule has 31 heavy (non-hydrogen) atoms. The number of hydrogen-bond acceptors (Lipinski definition) is 4. The molecule has 2 aromatic heterocycles. The van der Waals surface area contributed by atoms with Crippen molar-refractivity contribution in [1.29, 1.82) is 0 Å². The number of aliphatic hydroxyl groups is 1. The van der Waals surface area contributed by atoms with E-state index in [2.05, 4.69) is 15.3 Å². The van der Waals surface area contributed by atoms with E-state index in [9.17, 15) is 31.9 Å². The second-order valence-electron chi connectivity index (χ2n) is 7.31. The molecule has 0 spiro atoms. The number of pyridine rings is 2. The summed E-state index contributed by atoms with van der Waals surface area (Å²) in [7, 11) is 0. The van der Waals surface area contributed by atoms with Crippen molar-refractivity contribution in [3.63, 3.8) is 0 Å². The first-order valence-electron chi connectivity index (χ1n) is 9.06. The first-order valence-corrected chi connectivity index (χ1v) is 9.82. The highest BCUT2D eigenvalue weighted by Crippen LogP contribution is 2.44. The number of rotatable bonds is 4. The van der Waals surface area contributed by atoms with E-state index in [0.717, 1.165) is 0 Å². The van der Waals surface area contributed by atoms with Gasteiger partial charge in [-0.15, -0.1) is 0 Å². The van der Waals surface area contributed by atoms with Crippen molar-refractivity contribution in [1.82, 2.24) is 15.3 Å². The third-order valence-corrected chi connectivity index (χ3v) is 5.63. The molecule has 1 amide bonds. The zero-order valence-corrected chi connectivity index (χ0v) is 17.2. The van der Waals surface area contributed by atoms with Crippen LogP contribution in [0.15, 0.2) is 30.6 Å². The molecule has 168 valence electrons. The van der Waals surface area contributed by atoms with Gasteiger partial charge in [-0.05, 0) is 31.0 Å². The van der Waals surface area contributed by atoms with Crippen molar-refractivity contribution in [2.24, 2.45) is 0 Å². The van der Waals surface area contributed by atoms with Crippen LogP contribution in [0.2, 0.25) is 10.0 Å². The molecular weight excluding hydrogens is 468 g/mol. The monoisotopic (exact) mass is 483 g/mol. The normalized spacial score (nSPS) is 19.0. The Hall–Kier alpha value is -2.04. The summed E-state index contributed by atoms with van der Waals surface area (Å²) in [5.74, 6) is -4.03. The Morgan fingerprint density at radius 1 is 1.13 bits per heavy atom. The molecule has 0 saturated heterocycles. The Balaban J connectivity index is 1.97. The number of aromatic nitrogens is 2. The van der Waals surface area contributed by atoms with Crippen molar-refractivity contribution < 1.29 is 31.9 Å². The minimum absolute atomic E-state index is 0.0646. The number of alkyl halides is 5. The van der Waals surface area contributed by atoms with Gasteiger partial charge in [-0.1, -0.05) is 23.2 Å². The highest BCUT2D eigenvalue weighted by molar-refractivity contribution is 6.33. The Bertz CT molecular complexity index is 977. The van der Waals surface area contributed by atoms with Crippen molar-refractivity contribution >= 4 is 29.1 Å². The predicted molar refractivity (Wildman–Crippen MR) is 102 cm³/mol. The Labute approximate surface area is 183 Å². The fourth-order valence-corrected chi connectivity index (χ4v) is 3.73. The highest BCUT2D eigenvalue weighted by Gasteiger charge is 2.48. The van der Waals surface area contributed by atoms with Gasteiger partial charge in [-0.25, -0.2) is 8.78 Å². The minimum Gasteiger partial charge on any atom is -0.387 e. The van der Waals surface area contributed by atoms with Crippen LogP contribution in [0, 0.1) is 0 Å². The summed E-state index contributed by atoms with van der Waals surface area (Å²) >= 11 is 11.8. The summed E-state index contributed by atoms with van der Waals surface area (Å²) in [6.07, 6.45) is -4.87. The third kappa shape index (κ3) is 5.42. The number of carbonyl (C=O) groups excluding carboxylic acids is 1. The van der Waals surface area contributed by atoms with Crippen LogP contribution in [-0.2, 0) is 6.18 Å². The van der Waals surface area contributed by atoms with Crippen LogP contribution in [0.3, 0.4) is 0 Å². The number of nitrogens with one attached hydrogen (secondary N) is 1. The molecule has 2 aromatic rings. The Kier molecular flexibility index (Phi) is 6.46. The summed E-state index contributed by atoms with van der Waals surface area (Å²) in [6.45, 7) is 0. The molecule has 2 heterocycles. The molecule has 2 N–H and O–H groups in total. The lowest BCUT2D eigenvalue weighted by Crippen LogP contribution is -2.50. The van der Waals surface area contributed by atoms with Crippen LogP contribution >= 0.6 is 23.2 Å². The molecule has 1 atom stereocenters. The molecule has 0 radical (unpaired) electrons. The molecule has 0 bridgehead atoms. The molecule has 1 unspecified atom stereocenters. The van der Waals surface area contributed by atoms with Gasteiger partial charge in [-0.3, -0.25) is 14.8 Å². The van der Waals surface area contributed by atoms with Gasteiger partial charge >= 0.3 is 6.18 Å². The van der Waals surface area contributed by atoms with Gasteiger partial charge in [-0.2, -0.15) is 13.2 Å². The average molecular weight is 484 g/mol. The third-order valence-electron chi connectivity index (χ3n) is 5.09. The molecular formula is C19H16Cl2F5N3O2. The molecule has 1 aliphatic carbocycles. The smallest absolute Gasteiger partial charge is 0.387 e. The summed E-state index contributed by atoms with van der Waals surface area (Å²) in [5.41, 5.74) is -3.65. The predicted octanol–water partition coefficient (Wildman–Crippen LogP) is 5.21. The second-order valence-corrected chi connectivity index (χ2v) is 8.16. The Morgan fingerprint density at radius 3 is 2.35 bits per heavy atom. The minimum atomic E-state index is -4.82. The maximum atomic E-state index is 13.6. The van der Waals surface area contributed by atoms with Crippen LogP contribution < -0.4 is 5.32 Å². The number of amides is 1. The van der Waals surface area contributed by atoms with E-state index >= 15 is 0 Å². The first kappa shape index (κ1) is 23.6. The van der Waals surface area contributed by atoms with E-state index in [4.69, 9.17) is 23.2 Å². The Morgan fingerprint density at radius 2 is 1.77 bits per heavy atom. The summed E-state index contributed by atoms with van der Waals surface area (Å²) in [6, 6.07) is 1.90. The zero-order valence-electron chi connectivity index (χ0n) is 15.7. The van der Waals surface area contributed by atoms with Gasteiger partial charge in [0.05, 0.1) is 21.9 Å². The molecule has 0 aliphatic heterocycles. The van der Waals surface area contributed by atoms with E-state index in [0.29, 0.717) is 12.3 Å². The van der Waals surface area contributed by atoms with Gasteiger partial charge in [0.1, 0.15) is 11.7 Å². The quantitative estimate of drug-likeness (QED) is 0.585. The lowest BCUT2D eigenvalue weighted by Gasteiger charge is -2.41. The van der Waals surface area contributed by atoms with Gasteiger partial charge < -0.3 is 10.4 Å². The first-order chi connectivity index (χ1) is 14.3. The van der Waals surface area contributed by atoms with Crippen LogP contribution in [0.4, 0.5) is 22.0 Å². The number of carbonyl (C=O) groups is 1. The molecule has 5 nitrogen and oxygen atoms in total. The van der Waals surface area contributed by atoms with Crippen LogP contribution in [0.25, 0.3) is 0 Å². The fraction of sp³-hybridized carbons (Fsp3) is 0.421. The highest BCUT2D eigenvalue weighted by atomic mass is 35.5. The molecule has 1 aliphatic rings. The average Bonchev–Trinajstić information content (AvgIpc) is 2.68. The molecule has 0 aromatic carbocycles. The lowest BCUT2D eigenvalue weighted by atomic mass is 9.76.